The van der Waals surface area contributed by atoms with Crippen LogP contribution in [0.4, 0.5) is 0 Å². The van der Waals surface area contributed by atoms with Gasteiger partial charge in [0, 0.05) is 16.6 Å². The lowest BCUT2D eigenvalue weighted by atomic mass is 10.1. The molecule has 140 valence electrons. The Labute approximate surface area is 173 Å². The maximum absolute atomic E-state index is 12.0. The average Bonchev–Trinajstić information content (AvgIpc) is 3.33. The van der Waals surface area contributed by atoms with Crippen molar-refractivity contribution in [3.05, 3.63) is 51.8 Å². The SMILES string of the molecule is CCn1c(SCC(=O)OCC(=O)c2ccc(Br)cc2)nnc1-c1cccs1. The summed E-state index contributed by atoms with van der Waals surface area (Å²) in [5.74, 6) is 0.149. The summed E-state index contributed by atoms with van der Waals surface area (Å²) in [6.45, 7) is 2.42. The van der Waals surface area contributed by atoms with Gasteiger partial charge in [0.2, 0.25) is 0 Å². The average molecular weight is 466 g/mol. The highest BCUT2D eigenvalue weighted by Gasteiger charge is 2.16. The minimum Gasteiger partial charge on any atom is -0.457 e. The zero-order chi connectivity index (χ0) is 19.2. The predicted molar refractivity (Wildman–Crippen MR) is 109 cm³/mol. The van der Waals surface area contributed by atoms with Gasteiger partial charge in [-0.1, -0.05) is 45.9 Å². The lowest BCUT2D eigenvalue weighted by Gasteiger charge is -2.06. The molecule has 1 aromatic carbocycles. The fourth-order valence-electron chi connectivity index (χ4n) is 2.30. The zero-order valence-electron chi connectivity index (χ0n) is 14.4. The maximum atomic E-state index is 12.0. The number of ketones is 1. The van der Waals surface area contributed by atoms with Gasteiger partial charge in [0.25, 0.3) is 0 Å². The van der Waals surface area contributed by atoms with Crippen LogP contribution >= 0.6 is 39.0 Å². The van der Waals surface area contributed by atoms with Gasteiger partial charge in [-0.05, 0) is 30.5 Å². The largest absolute Gasteiger partial charge is 0.457 e. The second kappa shape index (κ2) is 9.29. The lowest BCUT2D eigenvalue weighted by Crippen LogP contribution is -2.15. The van der Waals surface area contributed by atoms with Crippen molar-refractivity contribution in [1.82, 2.24) is 14.8 Å². The van der Waals surface area contributed by atoms with E-state index < -0.39 is 5.97 Å². The van der Waals surface area contributed by atoms with E-state index in [9.17, 15) is 9.59 Å². The summed E-state index contributed by atoms with van der Waals surface area (Å²) in [6, 6.07) is 10.9. The van der Waals surface area contributed by atoms with E-state index in [1.807, 2.05) is 29.0 Å². The molecule has 0 N–H and O–H groups in total. The van der Waals surface area contributed by atoms with Gasteiger partial charge in [-0.3, -0.25) is 9.59 Å². The van der Waals surface area contributed by atoms with Crippen molar-refractivity contribution in [3.8, 4) is 10.7 Å². The predicted octanol–water partition coefficient (Wildman–Crippen LogP) is 4.31. The normalized spacial score (nSPS) is 10.7. The molecule has 0 saturated carbocycles. The summed E-state index contributed by atoms with van der Waals surface area (Å²) < 4.78 is 7.93. The molecule has 0 aliphatic rings. The summed E-state index contributed by atoms with van der Waals surface area (Å²) in [7, 11) is 0. The Balaban J connectivity index is 1.53. The first-order valence-electron chi connectivity index (χ1n) is 8.12. The quantitative estimate of drug-likeness (QED) is 0.280. The van der Waals surface area contributed by atoms with Crippen LogP contribution in [0, 0.1) is 0 Å². The second-order valence-electron chi connectivity index (χ2n) is 5.41. The van der Waals surface area contributed by atoms with Crippen LogP contribution in [0.15, 0.2) is 51.4 Å². The smallest absolute Gasteiger partial charge is 0.316 e. The van der Waals surface area contributed by atoms with Crippen LogP contribution < -0.4 is 0 Å². The van der Waals surface area contributed by atoms with Gasteiger partial charge in [-0.25, -0.2) is 0 Å². The molecule has 0 saturated heterocycles. The number of benzene rings is 1. The third kappa shape index (κ3) is 5.06. The Kier molecular flexibility index (Phi) is 6.81. The molecule has 0 aliphatic carbocycles. The molecule has 9 heteroatoms. The van der Waals surface area contributed by atoms with Gasteiger partial charge < -0.3 is 9.30 Å². The van der Waals surface area contributed by atoms with Crippen LogP contribution in [0.2, 0.25) is 0 Å². The van der Waals surface area contributed by atoms with E-state index in [2.05, 4.69) is 26.1 Å². The number of nitrogens with zero attached hydrogens (tertiary/aromatic N) is 3. The molecular weight excluding hydrogens is 450 g/mol. The molecule has 3 aromatic rings. The summed E-state index contributed by atoms with van der Waals surface area (Å²) in [6.07, 6.45) is 0. The Bertz CT molecular complexity index is 924. The number of aromatic nitrogens is 3. The molecule has 0 unspecified atom stereocenters. The zero-order valence-corrected chi connectivity index (χ0v) is 17.6. The Morgan fingerprint density at radius 3 is 2.67 bits per heavy atom. The van der Waals surface area contributed by atoms with Crippen LogP contribution in [0.3, 0.4) is 0 Å². The Morgan fingerprint density at radius 1 is 1.22 bits per heavy atom. The van der Waals surface area contributed by atoms with E-state index >= 15 is 0 Å². The van der Waals surface area contributed by atoms with Crippen molar-refractivity contribution in [2.24, 2.45) is 0 Å². The van der Waals surface area contributed by atoms with E-state index in [0.29, 0.717) is 17.3 Å². The Hall–Kier alpha value is -1.97. The molecule has 0 atom stereocenters. The van der Waals surface area contributed by atoms with Crippen LogP contribution in [-0.2, 0) is 16.1 Å². The molecule has 0 bridgehead atoms. The summed E-state index contributed by atoms with van der Waals surface area (Å²) in [5.41, 5.74) is 0.505. The van der Waals surface area contributed by atoms with Crippen molar-refractivity contribution in [2.45, 2.75) is 18.6 Å². The number of carbonyl (C=O) groups excluding carboxylic acids is 2. The molecule has 0 aliphatic heterocycles. The van der Waals surface area contributed by atoms with Gasteiger partial charge in [0.15, 0.2) is 23.4 Å². The topological polar surface area (TPSA) is 74.1 Å². The summed E-state index contributed by atoms with van der Waals surface area (Å²) in [5, 5.41) is 11.0. The van der Waals surface area contributed by atoms with Crippen molar-refractivity contribution in [3.63, 3.8) is 0 Å². The number of rotatable bonds is 8. The van der Waals surface area contributed by atoms with Gasteiger partial charge in [-0.15, -0.1) is 21.5 Å². The molecule has 0 amide bonds. The van der Waals surface area contributed by atoms with E-state index in [0.717, 1.165) is 15.2 Å². The molecule has 2 heterocycles. The number of halogens is 1. The number of thioether (sulfide) groups is 1. The highest BCUT2D eigenvalue weighted by atomic mass is 79.9. The fourth-order valence-corrected chi connectivity index (χ4v) is 4.08. The number of ether oxygens (including phenoxy) is 1. The number of hydrogen-bond donors (Lipinski definition) is 0. The van der Waals surface area contributed by atoms with Crippen molar-refractivity contribution in [2.75, 3.05) is 12.4 Å². The highest BCUT2D eigenvalue weighted by Crippen LogP contribution is 2.27. The number of esters is 1. The van der Waals surface area contributed by atoms with Crippen LogP contribution in [0.25, 0.3) is 10.7 Å². The van der Waals surface area contributed by atoms with E-state index in [1.165, 1.54) is 11.8 Å². The fraction of sp³-hybridized carbons (Fsp3) is 0.222. The molecule has 0 radical (unpaired) electrons. The van der Waals surface area contributed by atoms with Crippen molar-refractivity contribution in [1.29, 1.82) is 0 Å². The first-order chi connectivity index (χ1) is 13.1. The van der Waals surface area contributed by atoms with Crippen LogP contribution in [0.5, 0.6) is 0 Å². The number of thiophene rings is 1. The first kappa shape index (κ1) is 19.8. The third-order valence-corrected chi connectivity index (χ3v) is 5.96. The van der Waals surface area contributed by atoms with Crippen LogP contribution in [0.1, 0.15) is 17.3 Å². The van der Waals surface area contributed by atoms with E-state index in [1.54, 1.807) is 35.6 Å². The standard InChI is InChI=1S/C18H16BrN3O3S2/c1-2-22-17(15-4-3-9-26-15)20-21-18(22)27-11-16(24)25-10-14(23)12-5-7-13(19)8-6-12/h3-9H,2,10-11H2,1H3. The molecule has 27 heavy (non-hydrogen) atoms. The number of hydrogen-bond acceptors (Lipinski definition) is 7. The molecule has 6 nitrogen and oxygen atoms in total. The minimum atomic E-state index is -0.464. The third-order valence-electron chi connectivity index (χ3n) is 3.62. The second-order valence-corrected chi connectivity index (χ2v) is 8.21. The van der Waals surface area contributed by atoms with Crippen molar-refractivity contribution < 1.29 is 14.3 Å². The molecule has 0 fully saturated rings. The van der Waals surface area contributed by atoms with Gasteiger partial charge in [-0.2, -0.15) is 0 Å². The van der Waals surface area contributed by atoms with E-state index in [-0.39, 0.29) is 18.1 Å². The molecule has 0 spiro atoms. The molecule has 3 rings (SSSR count). The highest BCUT2D eigenvalue weighted by molar-refractivity contribution is 9.10. The van der Waals surface area contributed by atoms with Gasteiger partial charge in [0.05, 0.1) is 10.6 Å². The first-order valence-corrected chi connectivity index (χ1v) is 10.8. The minimum absolute atomic E-state index is 0.0657. The van der Waals surface area contributed by atoms with E-state index in [4.69, 9.17) is 4.74 Å². The number of carbonyl (C=O) groups is 2. The van der Waals surface area contributed by atoms with Crippen molar-refractivity contribution >= 4 is 50.8 Å². The molecule has 2 aromatic heterocycles. The lowest BCUT2D eigenvalue weighted by molar-refractivity contribution is -0.139. The summed E-state index contributed by atoms with van der Waals surface area (Å²) >= 11 is 6.15. The van der Waals surface area contributed by atoms with Gasteiger partial charge in [0.1, 0.15) is 0 Å². The molecular formula is C18H16BrN3O3S2. The van der Waals surface area contributed by atoms with Gasteiger partial charge >= 0.3 is 5.97 Å². The monoisotopic (exact) mass is 465 g/mol. The Morgan fingerprint density at radius 2 is 2.00 bits per heavy atom. The maximum Gasteiger partial charge on any atom is 0.316 e. The van der Waals surface area contributed by atoms with Crippen LogP contribution in [-0.4, -0.2) is 38.9 Å². The number of Topliss-reactive ketones (excluding diaryl/α,β-unsaturated/α-hetero) is 1. The summed E-state index contributed by atoms with van der Waals surface area (Å²) in [4.78, 5) is 25.1.